The number of hydrogen-bond acceptors (Lipinski definition) is 1. The number of rotatable bonds is 1. The van der Waals surface area contributed by atoms with Gasteiger partial charge < -0.3 is 4.74 Å². The molecule has 0 amide bonds. The second-order valence-corrected chi connectivity index (χ2v) is 8.08. The van der Waals surface area contributed by atoms with Crippen LogP contribution in [0.25, 0.3) is 10.8 Å². The number of methoxy groups -OCH3 is 1. The van der Waals surface area contributed by atoms with Crippen molar-refractivity contribution in [3.8, 4) is 29.4 Å². The zero-order valence-electron chi connectivity index (χ0n) is 15.8. The Balaban J connectivity index is 2.53. The minimum Gasteiger partial charge on any atom is -0.495 e. The van der Waals surface area contributed by atoms with Crippen molar-refractivity contribution in [2.75, 3.05) is 7.11 Å². The molecule has 124 valence electrons. The quantitative estimate of drug-likeness (QED) is 0.618. The van der Waals surface area contributed by atoms with Crippen LogP contribution in [0.3, 0.4) is 0 Å². The highest BCUT2D eigenvalue weighted by Crippen LogP contribution is 2.30. The van der Waals surface area contributed by atoms with Crippen LogP contribution in [-0.2, 0) is 0 Å². The Labute approximate surface area is 146 Å². The van der Waals surface area contributed by atoms with Crippen molar-refractivity contribution in [2.45, 2.75) is 41.5 Å². The van der Waals surface area contributed by atoms with Gasteiger partial charge in [-0.25, -0.2) is 0 Å². The summed E-state index contributed by atoms with van der Waals surface area (Å²) in [6.07, 6.45) is 0. The van der Waals surface area contributed by atoms with Crippen molar-refractivity contribution in [1.29, 1.82) is 0 Å². The molecule has 2 aromatic carbocycles. The molecule has 0 fully saturated rings. The lowest BCUT2D eigenvalue weighted by atomic mass is 9.96. The van der Waals surface area contributed by atoms with Gasteiger partial charge in [0.1, 0.15) is 5.75 Å². The minimum atomic E-state index is -0.0353. The molecule has 0 saturated carbocycles. The van der Waals surface area contributed by atoms with Gasteiger partial charge in [0.2, 0.25) is 0 Å². The Bertz CT molecular complexity index is 866. The molecule has 0 aliphatic rings. The summed E-state index contributed by atoms with van der Waals surface area (Å²) in [5.41, 5.74) is 1.91. The van der Waals surface area contributed by atoms with E-state index in [9.17, 15) is 0 Å². The van der Waals surface area contributed by atoms with E-state index in [0.717, 1.165) is 27.6 Å². The van der Waals surface area contributed by atoms with Crippen molar-refractivity contribution in [2.24, 2.45) is 10.8 Å². The second-order valence-electron chi connectivity index (χ2n) is 8.08. The minimum absolute atomic E-state index is 0.000943. The third-order valence-corrected chi connectivity index (χ3v) is 3.33. The fourth-order valence-electron chi connectivity index (χ4n) is 2.21. The maximum absolute atomic E-state index is 5.64. The molecule has 0 atom stereocenters. The summed E-state index contributed by atoms with van der Waals surface area (Å²) < 4.78 is 5.64. The Morgan fingerprint density at radius 2 is 1.42 bits per heavy atom. The topological polar surface area (TPSA) is 9.23 Å². The highest BCUT2D eigenvalue weighted by molar-refractivity contribution is 5.91. The van der Waals surface area contributed by atoms with Crippen LogP contribution in [0.1, 0.15) is 52.7 Å². The average Bonchev–Trinajstić information content (AvgIpc) is 2.48. The molecule has 0 saturated heterocycles. The highest BCUT2D eigenvalue weighted by Gasteiger charge is 2.09. The van der Waals surface area contributed by atoms with Crippen LogP contribution in [0, 0.1) is 34.5 Å². The summed E-state index contributed by atoms with van der Waals surface area (Å²) in [7, 11) is 1.70. The fourth-order valence-corrected chi connectivity index (χ4v) is 2.21. The first-order chi connectivity index (χ1) is 11.1. The van der Waals surface area contributed by atoms with Gasteiger partial charge in [-0.2, -0.15) is 0 Å². The maximum Gasteiger partial charge on any atom is 0.142 e. The molecule has 1 heteroatoms. The Morgan fingerprint density at radius 3 is 2.00 bits per heavy atom. The van der Waals surface area contributed by atoms with E-state index in [1.54, 1.807) is 7.11 Å². The van der Waals surface area contributed by atoms with Crippen LogP contribution in [0.4, 0.5) is 0 Å². The lowest BCUT2D eigenvalue weighted by molar-refractivity contribution is 0.418. The average molecular weight is 318 g/mol. The number of ether oxygens (including phenoxy) is 1. The van der Waals surface area contributed by atoms with Crippen LogP contribution in [0.15, 0.2) is 30.3 Å². The molecular weight excluding hydrogens is 292 g/mol. The van der Waals surface area contributed by atoms with E-state index in [-0.39, 0.29) is 10.8 Å². The molecule has 0 N–H and O–H groups in total. The van der Waals surface area contributed by atoms with Gasteiger partial charge in [0.05, 0.1) is 12.7 Å². The fraction of sp³-hybridized carbons (Fsp3) is 0.391. The van der Waals surface area contributed by atoms with Gasteiger partial charge in [-0.05, 0) is 71.2 Å². The van der Waals surface area contributed by atoms with E-state index in [0.29, 0.717) is 0 Å². The summed E-state index contributed by atoms with van der Waals surface area (Å²) in [6, 6.07) is 10.3. The van der Waals surface area contributed by atoms with Crippen molar-refractivity contribution in [3.63, 3.8) is 0 Å². The van der Waals surface area contributed by atoms with Gasteiger partial charge in [0, 0.05) is 21.8 Å². The predicted molar refractivity (Wildman–Crippen MR) is 103 cm³/mol. The van der Waals surface area contributed by atoms with Crippen molar-refractivity contribution >= 4 is 10.8 Å². The first-order valence-corrected chi connectivity index (χ1v) is 8.26. The highest BCUT2D eigenvalue weighted by atomic mass is 16.5. The van der Waals surface area contributed by atoms with Crippen LogP contribution < -0.4 is 4.74 Å². The standard InChI is InChI=1S/C23H26O/c1-22(2,3)14-12-17-8-11-20-19(16-17)10-9-18(21(20)24-7)13-15-23(4,5)6/h8-11,16H,1-7H3. The molecule has 0 heterocycles. The summed E-state index contributed by atoms with van der Waals surface area (Å²) in [5, 5.41) is 2.19. The lowest BCUT2D eigenvalue weighted by Gasteiger charge is -2.11. The monoisotopic (exact) mass is 318 g/mol. The molecular formula is C23H26O. The number of fused-ring (bicyclic) bond motifs is 1. The van der Waals surface area contributed by atoms with E-state index in [1.165, 1.54) is 0 Å². The van der Waals surface area contributed by atoms with Gasteiger partial charge in [0.25, 0.3) is 0 Å². The molecule has 0 aliphatic heterocycles. The molecule has 1 nitrogen and oxygen atoms in total. The first kappa shape index (κ1) is 18.0. The zero-order chi connectivity index (χ0) is 18.0. The molecule has 0 radical (unpaired) electrons. The van der Waals surface area contributed by atoms with Crippen molar-refractivity contribution in [1.82, 2.24) is 0 Å². The first-order valence-electron chi connectivity index (χ1n) is 8.26. The summed E-state index contributed by atoms with van der Waals surface area (Å²) in [5.74, 6) is 13.9. The van der Waals surface area contributed by atoms with Crippen LogP contribution in [0.2, 0.25) is 0 Å². The Hall–Kier alpha value is -2.38. The molecule has 2 aromatic rings. The summed E-state index contributed by atoms with van der Waals surface area (Å²) in [4.78, 5) is 0. The van der Waals surface area contributed by atoms with Gasteiger partial charge in [-0.1, -0.05) is 29.7 Å². The van der Waals surface area contributed by atoms with Crippen LogP contribution in [-0.4, -0.2) is 7.11 Å². The number of benzene rings is 2. The smallest absolute Gasteiger partial charge is 0.142 e. The van der Waals surface area contributed by atoms with E-state index >= 15 is 0 Å². The van der Waals surface area contributed by atoms with E-state index in [1.807, 2.05) is 12.1 Å². The molecule has 0 unspecified atom stereocenters. The Morgan fingerprint density at radius 1 is 0.792 bits per heavy atom. The lowest BCUT2D eigenvalue weighted by Crippen LogP contribution is -2.00. The van der Waals surface area contributed by atoms with Gasteiger partial charge in [-0.15, -0.1) is 0 Å². The molecule has 0 spiro atoms. The van der Waals surface area contributed by atoms with Gasteiger partial charge in [0.15, 0.2) is 0 Å². The van der Waals surface area contributed by atoms with E-state index in [4.69, 9.17) is 4.74 Å². The normalized spacial score (nSPS) is 11.3. The van der Waals surface area contributed by atoms with Crippen molar-refractivity contribution in [3.05, 3.63) is 41.5 Å². The second kappa shape index (κ2) is 6.62. The molecule has 0 aromatic heterocycles. The molecule has 24 heavy (non-hydrogen) atoms. The maximum atomic E-state index is 5.64. The predicted octanol–water partition coefficient (Wildman–Crippen LogP) is 5.64. The van der Waals surface area contributed by atoms with Gasteiger partial charge in [-0.3, -0.25) is 0 Å². The number of hydrogen-bond donors (Lipinski definition) is 0. The molecule has 2 rings (SSSR count). The van der Waals surface area contributed by atoms with Gasteiger partial charge >= 0.3 is 0 Å². The third kappa shape index (κ3) is 4.81. The SMILES string of the molecule is COc1c(C#CC(C)(C)C)ccc2cc(C#CC(C)(C)C)ccc12. The largest absolute Gasteiger partial charge is 0.495 e. The third-order valence-electron chi connectivity index (χ3n) is 3.33. The Kier molecular flexibility index (Phi) is 4.96. The summed E-state index contributed by atoms with van der Waals surface area (Å²) in [6.45, 7) is 12.7. The molecule has 0 aliphatic carbocycles. The molecule has 0 bridgehead atoms. The van der Waals surface area contributed by atoms with E-state index in [2.05, 4.69) is 83.4 Å². The van der Waals surface area contributed by atoms with Crippen molar-refractivity contribution < 1.29 is 4.74 Å². The zero-order valence-corrected chi connectivity index (χ0v) is 15.8. The van der Waals surface area contributed by atoms with Crippen LogP contribution in [0.5, 0.6) is 5.75 Å². The van der Waals surface area contributed by atoms with Crippen LogP contribution >= 0.6 is 0 Å². The van der Waals surface area contributed by atoms with E-state index < -0.39 is 0 Å². The summed E-state index contributed by atoms with van der Waals surface area (Å²) >= 11 is 0.